The molecule has 62 valence electrons. The summed E-state index contributed by atoms with van der Waals surface area (Å²) in [5, 5.41) is 0. The molecule has 0 aliphatic heterocycles. The van der Waals surface area contributed by atoms with Crippen LogP contribution in [0.2, 0.25) is 0 Å². The van der Waals surface area contributed by atoms with E-state index in [1.807, 2.05) is 0 Å². The van der Waals surface area contributed by atoms with Gasteiger partial charge in [0.25, 0.3) is 0 Å². The summed E-state index contributed by atoms with van der Waals surface area (Å²) in [6, 6.07) is 0. The molecule has 0 saturated heterocycles. The average molecular weight is 142 g/mol. The maximum atomic E-state index is 2.38. The van der Waals surface area contributed by atoms with Crippen LogP contribution in [0.4, 0.5) is 0 Å². The van der Waals surface area contributed by atoms with Gasteiger partial charge in [-0.2, -0.15) is 0 Å². The molecule has 0 aromatic heterocycles. The number of hydrogen-bond acceptors (Lipinski definition) is 0. The van der Waals surface area contributed by atoms with E-state index in [9.17, 15) is 0 Å². The lowest BCUT2D eigenvalue weighted by Crippen LogP contribution is -2.20. The molecule has 0 aliphatic carbocycles. The monoisotopic (exact) mass is 142 g/mol. The van der Waals surface area contributed by atoms with Crippen LogP contribution in [0.3, 0.4) is 0 Å². The first-order valence-electron chi connectivity index (χ1n) is 4.54. The lowest BCUT2D eigenvalue weighted by Gasteiger charge is -2.30. The number of rotatable bonds is 4. The number of hydrogen-bond donors (Lipinski definition) is 0. The first-order valence-corrected chi connectivity index (χ1v) is 4.54. The van der Waals surface area contributed by atoms with Gasteiger partial charge >= 0.3 is 0 Å². The molecule has 0 amide bonds. The summed E-state index contributed by atoms with van der Waals surface area (Å²) >= 11 is 0. The van der Waals surface area contributed by atoms with Gasteiger partial charge in [0.2, 0.25) is 0 Å². The highest BCUT2D eigenvalue weighted by Gasteiger charge is 2.22. The summed E-state index contributed by atoms with van der Waals surface area (Å²) in [5.41, 5.74) is 0.559. The zero-order chi connectivity index (χ0) is 8.20. The van der Waals surface area contributed by atoms with Crippen LogP contribution in [0, 0.1) is 11.3 Å². The maximum absolute atomic E-state index is 2.38. The van der Waals surface area contributed by atoms with Gasteiger partial charge in [-0.3, -0.25) is 0 Å². The average Bonchev–Trinajstić information content (AvgIpc) is 1.86. The highest BCUT2D eigenvalue weighted by atomic mass is 14.3. The Hall–Kier alpha value is 0. The summed E-state index contributed by atoms with van der Waals surface area (Å²) in [6.45, 7) is 11.7. The van der Waals surface area contributed by atoms with E-state index in [0.29, 0.717) is 5.41 Å². The zero-order valence-corrected chi connectivity index (χ0v) is 8.20. The molecular weight excluding hydrogens is 120 g/mol. The van der Waals surface area contributed by atoms with Gasteiger partial charge in [0.05, 0.1) is 0 Å². The molecule has 0 nitrogen and oxygen atoms in total. The van der Waals surface area contributed by atoms with Gasteiger partial charge in [-0.1, -0.05) is 47.5 Å². The van der Waals surface area contributed by atoms with Crippen molar-refractivity contribution in [3.8, 4) is 0 Å². The van der Waals surface area contributed by atoms with E-state index in [2.05, 4.69) is 34.6 Å². The molecule has 0 heteroatoms. The molecule has 0 aliphatic rings. The van der Waals surface area contributed by atoms with Gasteiger partial charge in [0.1, 0.15) is 0 Å². The van der Waals surface area contributed by atoms with Crippen molar-refractivity contribution in [3.63, 3.8) is 0 Å². The van der Waals surface area contributed by atoms with Crippen LogP contribution in [-0.2, 0) is 0 Å². The van der Waals surface area contributed by atoms with Crippen molar-refractivity contribution in [3.05, 3.63) is 0 Å². The quantitative estimate of drug-likeness (QED) is 0.559. The molecule has 0 spiro atoms. The lowest BCUT2D eigenvalue weighted by atomic mass is 9.75. The van der Waals surface area contributed by atoms with Crippen LogP contribution < -0.4 is 0 Å². The van der Waals surface area contributed by atoms with Crippen LogP contribution in [0.5, 0.6) is 0 Å². The van der Waals surface area contributed by atoms with Crippen molar-refractivity contribution in [1.82, 2.24) is 0 Å². The third-order valence-corrected chi connectivity index (χ3v) is 2.84. The summed E-state index contributed by atoms with van der Waals surface area (Å²) in [6.07, 6.45) is 3.99. The van der Waals surface area contributed by atoms with Crippen molar-refractivity contribution < 1.29 is 0 Å². The Morgan fingerprint density at radius 1 is 1.20 bits per heavy atom. The normalized spacial score (nSPS) is 15.3. The lowest BCUT2D eigenvalue weighted by molar-refractivity contribution is 0.204. The predicted molar refractivity (Wildman–Crippen MR) is 48.1 cm³/mol. The molecule has 0 radical (unpaired) electrons. The molecule has 0 heterocycles. The minimum absolute atomic E-state index is 0.559. The summed E-state index contributed by atoms with van der Waals surface area (Å²) in [4.78, 5) is 0. The topological polar surface area (TPSA) is 0 Å². The molecule has 0 N–H and O–H groups in total. The molecule has 10 heavy (non-hydrogen) atoms. The Morgan fingerprint density at radius 3 is 2.00 bits per heavy atom. The van der Waals surface area contributed by atoms with E-state index in [0.717, 1.165) is 5.92 Å². The van der Waals surface area contributed by atoms with Gasteiger partial charge in [-0.15, -0.1) is 0 Å². The molecule has 0 aromatic rings. The van der Waals surface area contributed by atoms with Crippen LogP contribution in [0.15, 0.2) is 0 Å². The first kappa shape index (κ1) is 10.0. The molecule has 0 unspecified atom stereocenters. The molecule has 0 aromatic carbocycles. The Morgan fingerprint density at radius 2 is 1.70 bits per heavy atom. The smallest absolute Gasteiger partial charge is 0.0329 e. The van der Waals surface area contributed by atoms with Crippen molar-refractivity contribution in [2.45, 2.75) is 53.9 Å². The Kier molecular flexibility index (Phi) is 4.00. The summed E-state index contributed by atoms with van der Waals surface area (Å²) in [5.74, 6) is 0.868. The second kappa shape index (κ2) is 4.00. The van der Waals surface area contributed by atoms with Crippen LogP contribution in [-0.4, -0.2) is 0 Å². The minimum atomic E-state index is 0.559. The largest absolute Gasteiger partial charge is 0.0654 e. The van der Waals surface area contributed by atoms with Gasteiger partial charge in [0.15, 0.2) is 0 Å². The fraction of sp³-hybridized carbons (Fsp3) is 1.00. The van der Waals surface area contributed by atoms with Crippen molar-refractivity contribution in [2.75, 3.05) is 0 Å². The van der Waals surface area contributed by atoms with E-state index >= 15 is 0 Å². The third kappa shape index (κ3) is 2.72. The fourth-order valence-corrected chi connectivity index (χ4v) is 1.44. The first-order chi connectivity index (χ1) is 4.54. The SMILES string of the molecule is CCCC(C)(C)[C@H](C)CC. The minimum Gasteiger partial charge on any atom is -0.0654 e. The third-order valence-electron chi connectivity index (χ3n) is 2.84. The predicted octanol–water partition coefficient (Wildman–Crippen LogP) is 3.86. The highest BCUT2D eigenvalue weighted by molar-refractivity contribution is 4.73. The van der Waals surface area contributed by atoms with Crippen molar-refractivity contribution in [1.29, 1.82) is 0 Å². The summed E-state index contributed by atoms with van der Waals surface area (Å²) < 4.78 is 0. The van der Waals surface area contributed by atoms with Gasteiger partial charge in [-0.25, -0.2) is 0 Å². The molecular formula is C10H22. The van der Waals surface area contributed by atoms with Crippen molar-refractivity contribution >= 4 is 0 Å². The standard InChI is InChI=1S/C10H22/c1-6-8-10(4,5)9(3)7-2/h9H,6-8H2,1-5H3/t9-/m1/s1. The van der Waals surface area contributed by atoms with Crippen molar-refractivity contribution in [2.24, 2.45) is 11.3 Å². The summed E-state index contributed by atoms with van der Waals surface area (Å²) in [7, 11) is 0. The molecule has 1 atom stereocenters. The van der Waals surface area contributed by atoms with Crippen LogP contribution in [0.1, 0.15) is 53.9 Å². The van der Waals surface area contributed by atoms with Crippen LogP contribution in [0.25, 0.3) is 0 Å². The maximum Gasteiger partial charge on any atom is -0.0329 e. The second-order valence-corrected chi connectivity index (χ2v) is 4.05. The van der Waals surface area contributed by atoms with Gasteiger partial charge in [-0.05, 0) is 17.8 Å². The van der Waals surface area contributed by atoms with E-state index < -0.39 is 0 Å². The van der Waals surface area contributed by atoms with E-state index in [4.69, 9.17) is 0 Å². The Labute approximate surface area is 66.0 Å². The van der Waals surface area contributed by atoms with E-state index in [-0.39, 0.29) is 0 Å². The second-order valence-electron chi connectivity index (χ2n) is 4.05. The molecule has 0 bridgehead atoms. The zero-order valence-electron chi connectivity index (χ0n) is 8.20. The molecule has 0 saturated carbocycles. The highest BCUT2D eigenvalue weighted by Crippen LogP contribution is 2.33. The van der Waals surface area contributed by atoms with Gasteiger partial charge < -0.3 is 0 Å². The Bertz CT molecular complexity index is 82.0. The Balaban J connectivity index is 3.82. The molecule has 0 rings (SSSR count). The molecule has 0 fully saturated rings. The van der Waals surface area contributed by atoms with Crippen LogP contribution >= 0.6 is 0 Å². The van der Waals surface area contributed by atoms with E-state index in [1.54, 1.807) is 0 Å². The fourth-order valence-electron chi connectivity index (χ4n) is 1.44. The van der Waals surface area contributed by atoms with E-state index in [1.165, 1.54) is 19.3 Å². The van der Waals surface area contributed by atoms with Gasteiger partial charge in [0, 0.05) is 0 Å².